The van der Waals surface area contributed by atoms with E-state index in [0.717, 1.165) is 0 Å². The first-order valence-corrected chi connectivity index (χ1v) is 6.83. The number of oxime groups is 1. The van der Waals surface area contributed by atoms with E-state index in [-0.39, 0.29) is 18.3 Å². The fraction of sp³-hybridized carbons (Fsp3) is 0.429. The van der Waals surface area contributed by atoms with Gasteiger partial charge in [-0.15, -0.1) is 0 Å². The highest BCUT2D eigenvalue weighted by molar-refractivity contribution is 5.81. The number of hydrogen-bond donors (Lipinski definition) is 2. The fourth-order valence-electron chi connectivity index (χ4n) is 2.17. The average molecular weight is 292 g/mol. The molecule has 0 saturated carbocycles. The number of amidine groups is 1. The lowest BCUT2D eigenvalue weighted by Gasteiger charge is -2.34. The Labute approximate surface area is 123 Å². The first-order chi connectivity index (χ1) is 10.2. The molecule has 1 saturated heterocycles. The summed E-state index contributed by atoms with van der Waals surface area (Å²) in [6.45, 7) is 3.11. The van der Waals surface area contributed by atoms with Gasteiger partial charge in [-0.3, -0.25) is 9.69 Å². The number of nitrogens with zero attached hydrogens (tertiary/aromatic N) is 3. The Kier molecular flexibility index (Phi) is 5.39. The second kappa shape index (κ2) is 7.49. The van der Waals surface area contributed by atoms with Gasteiger partial charge in [-0.25, -0.2) is 0 Å². The normalized spacial score (nSPS) is 16.8. The minimum absolute atomic E-state index is 0.0256. The van der Waals surface area contributed by atoms with Gasteiger partial charge in [0, 0.05) is 26.2 Å². The van der Waals surface area contributed by atoms with Gasteiger partial charge in [-0.2, -0.15) is 0 Å². The van der Waals surface area contributed by atoms with Crippen molar-refractivity contribution in [2.45, 2.75) is 0 Å². The molecular weight excluding hydrogens is 272 g/mol. The Morgan fingerprint density at radius 2 is 1.90 bits per heavy atom. The number of rotatable bonds is 5. The van der Waals surface area contributed by atoms with Gasteiger partial charge in [0.1, 0.15) is 5.75 Å². The summed E-state index contributed by atoms with van der Waals surface area (Å²) in [4.78, 5) is 15.9. The molecular formula is C14H20N4O3. The van der Waals surface area contributed by atoms with Crippen LogP contribution in [-0.4, -0.2) is 66.1 Å². The van der Waals surface area contributed by atoms with Crippen LogP contribution >= 0.6 is 0 Å². The lowest BCUT2D eigenvalue weighted by molar-refractivity contribution is -0.135. The fourth-order valence-corrected chi connectivity index (χ4v) is 2.17. The lowest BCUT2D eigenvalue weighted by Crippen LogP contribution is -2.51. The molecule has 0 radical (unpaired) electrons. The van der Waals surface area contributed by atoms with Gasteiger partial charge in [0.2, 0.25) is 0 Å². The lowest BCUT2D eigenvalue weighted by atomic mass is 10.3. The maximum atomic E-state index is 12.1. The van der Waals surface area contributed by atoms with E-state index in [1.807, 2.05) is 35.2 Å². The molecule has 0 aromatic heterocycles. The molecule has 1 heterocycles. The van der Waals surface area contributed by atoms with Gasteiger partial charge < -0.3 is 20.6 Å². The third-order valence-corrected chi connectivity index (χ3v) is 3.34. The summed E-state index contributed by atoms with van der Waals surface area (Å²) in [6, 6.07) is 9.27. The quantitative estimate of drug-likeness (QED) is 0.344. The van der Waals surface area contributed by atoms with Crippen molar-refractivity contribution in [3.05, 3.63) is 30.3 Å². The first-order valence-electron chi connectivity index (χ1n) is 6.83. The first kappa shape index (κ1) is 15.1. The number of hydrogen-bond acceptors (Lipinski definition) is 5. The van der Waals surface area contributed by atoms with E-state index >= 15 is 0 Å². The molecule has 2 rings (SSSR count). The van der Waals surface area contributed by atoms with E-state index < -0.39 is 0 Å². The zero-order valence-corrected chi connectivity index (χ0v) is 11.8. The number of benzene rings is 1. The Morgan fingerprint density at radius 3 is 2.52 bits per heavy atom. The van der Waals surface area contributed by atoms with Crippen LogP contribution in [0, 0.1) is 0 Å². The maximum absolute atomic E-state index is 12.1. The number of piperazine rings is 1. The smallest absolute Gasteiger partial charge is 0.260 e. The number of nitrogens with two attached hydrogens (primary N) is 1. The van der Waals surface area contributed by atoms with Crippen molar-refractivity contribution in [3.63, 3.8) is 0 Å². The molecule has 1 aliphatic rings. The monoisotopic (exact) mass is 292 g/mol. The van der Waals surface area contributed by atoms with Crippen molar-refractivity contribution in [1.82, 2.24) is 9.80 Å². The van der Waals surface area contributed by atoms with Crippen LogP contribution in [-0.2, 0) is 4.79 Å². The summed E-state index contributed by atoms with van der Waals surface area (Å²) in [7, 11) is 0. The summed E-state index contributed by atoms with van der Waals surface area (Å²) in [5.41, 5.74) is 5.47. The average Bonchev–Trinajstić information content (AvgIpc) is 2.54. The summed E-state index contributed by atoms with van der Waals surface area (Å²) in [5, 5.41) is 11.5. The van der Waals surface area contributed by atoms with E-state index in [1.165, 1.54) is 0 Å². The molecule has 0 aliphatic carbocycles. The van der Waals surface area contributed by atoms with Gasteiger partial charge in [0.25, 0.3) is 5.91 Å². The Hall–Kier alpha value is -2.28. The Morgan fingerprint density at radius 1 is 1.24 bits per heavy atom. The van der Waals surface area contributed by atoms with Gasteiger partial charge in [0.15, 0.2) is 12.4 Å². The standard InChI is InChI=1S/C14H20N4O3/c15-13(16-20)10-17-6-8-18(9-7-17)14(19)11-21-12-4-2-1-3-5-12/h1-5,20H,6-11H2,(H2,15,16). The van der Waals surface area contributed by atoms with Crippen molar-refractivity contribution in [3.8, 4) is 5.75 Å². The topological polar surface area (TPSA) is 91.4 Å². The van der Waals surface area contributed by atoms with Crippen molar-refractivity contribution in [2.75, 3.05) is 39.3 Å². The molecule has 1 aliphatic heterocycles. The molecule has 0 atom stereocenters. The van der Waals surface area contributed by atoms with Crippen LogP contribution in [0.3, 0.4) is 0 Å². The van der Waals surface area contributed by atoms with Crippen LogP contribution in [0.4, 0.5) is 0 Å². The molecule has 3 N–H and O–H groups in total. The highest BCUT2D eigenvalue weighted by atomic mass is 16.5. The van der Waals surface area contributed by atoms with Gasteiger partial charge >= 0.3 is 0 Å². The molecule has 0 bridgehead atoms. The predicted molar refractivity (Wildman–Crippen MR) is 78.4 cm³/mol. The molecule has 0 spiro atoms. The van der Waals surface area contributed by atoms with Crippen molar-refractivity contribution >= 4 is 11.7 Å². The number of para-hydroxylation sites is 1. The number of ether oxygens (including phenoxy) is 1. The van der Waals surface area contributed by atoms with Crippen LogP contribution in [0.5, 0.6) is 5.75 Å². The van der Waals surface area contributed by atoms with Crippen molar-refractivity contribution < 1.29 is 14.7 Å². The Bertz CT molecular complexity index is 484. The minimum Gasteiger partial charge on any atom is -0.484 e. The molecule has 1 amide bonds. The molecule has 114 valence electrons. The van der Waals surface area contributed by atoms with Crippen LogP contribution in [0.25, 0.3) is 0 Å². The maximum Gasteiger partial charge on any atom is 0.260 e. The summed E-state index contributed by atoms with van der Waals surface area (Å²) < 4.78 is 5.45. The van der Waals surface area contributed by atoms with E-state index in [9.17, 15) is 4.79 Å². The third-order valence-electron chi connectivity index (χ3n) is 3.34. The molecule has 21 heavy (non-hydrogen) atoms. The van der Waals surface area contributed by atoms with E-state index in [4.69, 9.17) is 15.7 Å². The minimum atomic E-state index is -0.0256. The van der Waals surface area contributed by atoms with E-state index in [1.54, 1.807) is 4.90 Å². The second-order valence-electron chi connectivity index (χ2n) is 4.85. The van der Waals surface area contributed by atoms with E-state index in [0.29, 0.717) is 38.5 Å². The molecule has 7 nitrogen and oxygen atoms in total. The predicted octanol–water partition coefficient (Wildman–Crippen LogP) is -0.0440. The molecule has 7 heteroatoms. The van der Waals surface area contributed by atoms with Crippen LogP contribution in [0.1, 0.15) is 0 Å². The van der Waals surface area contributed by atoms with Crippen LogP contribution in [0.2, 0.25) is 0 Å². The Balaban J connectivity index is 1.73. The molecule has 1 aromatic carbocycles. The second-order valence-corrected chi connectivity index (χ2v) is 4.85. The zero-order valence-electron chi connectivity index (χ0n) is 11.8. The summed E-state index contributed by atoms with van der Waals surface area (Å²) in [5.74, 6) is 0.848. The zero-order chi connectivity index (χ0) is 15.1. The summed E-state index contributed by atoms with van der Waals surface area (Å²) in [6.07, 6.45) is 0. The van der Waals surface area contributed by atoms with Crippen LogP contribution in [0.15, 0.2) is 35.5 Å². The highest BCUT2D eigenvalue weighted by Gasteiger charge is 2.21. The number of carbonyl (C=O) groups excluding carboxylic acids is 1. The highest BCUT2D eigenvalue weighted by Crippen LogP contribution is 2.09. The molecule has 1 fully saturated rings. The SMILES string of the molecule is NC(CN1CCN(C(=O)COc2ccccc2)CC1)=NO. The van der Waals surface area contributed by atoms with Gasteiger partial charge in [-0.05, 0) is 12.1 Å². The van der Waals surface area contributed by atoms with Crippen molar-refractivity contribution in [2.24, 2.45) is 10.9 Å². The number of amides is 1. The molecule has 1 aromatic rings. The van der Waals surface area contributed by atoms with Crippen LogP contribution < -0.4 is 10.5 Å². The summed E-state index contributed by atoms with van der Waals surface area (Å²) >= 11 is 0. The molecule has 0 unspecified atom stereocenters. The third kappa shape index (κ3) is 4.64. The van der Waals surface area contributed by atoms with Gasteiger partial charge in [-0.1, -0.05) is 23.4 Å². The number of carbonyl (C=O) groups is 1. The van der Waals surface area contributed by atoms with Gasteiger partial charge in [0.05, 0.1) is 6.54 Å². The van der Waals surface area contributed by atoms with E-state index in [2.05, 4.69) is 5.16 Å². The van der Waals surface area contributed by atoms with Crippen molar-refractivity contribution in [1.29, 1.82) is 0 Å². The largest absolute Gasteiger partial charge is 0.484 e.